The van der Waals surface area contributed by atoms with E-state index in [9.17, 15) is 4.79 Å². The summed E-state index contributed by atoms with van der Waals surface area (Å²) in [6.45, 7) is 10.3. The van der Waals surface area contributed by atoms with Crippen LogP contribution in [0.3, 0.4) is 0 Å². The number of thioether (sulfide) groups is 1. The summed E-state index contributed by atoms with van der Waals surface area (Å²) in [5, 5.41) is 12.2. The largest absolute Gasteiger partial charge is 0.497 e. The van der Waals surface area contributed by atoms with E-state index in [0.29, 0.717) is 23.3 Å². The number of nitrogens with zero attached hydrogens (tertiary/aromatic N) is 3. The second kappa shape index (κ2) is 11.4. The third-order valence-corrected chi connectivity index (χ3v) is 6.61. The van der Waals surface area contributed by atoms with Crippen molar-refractivity contribution in [3.8, 4) is 11.5 Å². The van der Waals surface area contributed by atoms with Gasteiger partial charge in [0.15, 0.2) is 17.1 Å². The van der Waals surface area contributed by atoms with E-state index >= 15 is 0 Å². The highest BCUT2D eigenvalue weighted by Crippen LogP contribution is 2.28. The van der Waals surface area contributed by atoms with Crippen LogP contribution in [0.15, 0.2) is 58.7 Å². The molecule has 0 saturated carbocycles. The van der Waals surface area contributed by atoms with E-state index in [1.54, 1.807) is 13.2 Å². The Bertz CT molecular complexity index is 1130. The Kier molecular flexibility index (Phi) is 8.57. The van der Waals surface area contributed by atoms with Gasteiger partial charge in [0.2, 0.25) is 5.91 Å². The number of benzene rings is 2. The highest BCUT2D eigenvalue weighted by molar-refractivity contribution is 9.10. The fraction of sp³-hybridized carbons (Fsp3) is 0.292. The maximum Gasteiger partial charge on any atom is 0.234 e. The molecule has 1 unspecified atom stereocenters. The number of methoxy groups -OCH3 is 1. The molecule has 0 aliphatic rings. The van der Waals surface area contributed by atoms with Crippen molar-refractivity contribution in [2.45, 2.75) is 38.6 Å². The summed E-state index contributed by atoms with van der Waals surface area (Å²) >= 11 is 4.83. The van der Waals surface area contributed by atoms with Gasteiger partial charge in [-0.15, -0.1) is 16.8 Å². The van der Waals surface area contributed by atoms with E-state index in [1.807, 2.05) is 61.7 Å². The van der Waals surface area contributed by atoms with Gasteiger partial charge in [0.25, 0.3) is 0 Å². The number of allylic oxidation sites excluding steroid dienone is 1. The Hall–Kier alpha value is -2.78. The lowest BCUT2D eigenvalue weighted by Gasteiger charge is -2.16. The third kappa shape index (κ3) is 6.39. The quantitative estimate of drug-likeness (QED) is 0.266. The van der Waals surface area contributed by atoms with Crippen LogP contribution < -0.4 is 14.8 Å². The number of ether oxygens (including phenoxy) is 2. The number of aryl methyl sites for hydroxylation is 2. The number of carbonyl (C=O) groups excluding carboxylic acids is 1. The molecule has 2 aromatic carbocycles. The number of anilines is 1. The number of carbonyl (C=O) groups is 1. The first kappa shape index (κ1) is 24.9. The van der Waals surface area contributed by atoms with Crippen LogP contribution in [-0.4, -0.2) is 33.5 Å². The first-order valence-corrected chi connectivity index (χ1v) is 12.1. The van der Waals surface area contributed by atoms with Crippen LogP contribution in [0.5, 0.6) is 11.5 Å². The van der Waals surface area contributed by atoms with Crippen molar-refractivity contribution < 1.29 is 14.3 Å². The lowest BCUT2D eigenvalue weighted by molar-refractivity contribution is -0.113. The zero-order valence-electron chi connectivity index (χ0n) is 19.1. The SMILES string of the molecule is C=CCn1c(SCC(=O)Nc2cc(C)c(C)cc2Br)nnc1C(C)Oc1ccc(OC)cc1. The molecule has 0 saturated heterocycles. The third-order valence-electron chi connectivity index (χ3n) is 4.98. The number of hydrogen-bond donors (Lipinski definition) is 1. The number of halogens is 1. The molecular weight excluding hydrogens is 504 g/mol. The average Bonchev–Trinajstić information content (AvgIpc) is 3.19. The summed E-state index contributed by atoms with van der Waals surface area (Å²) in [6, 6.07) is 11.3. The minimum atomic E-state index is -0.347. The van der Waals surface area contributed by atoms with E-state index in [0.717, 1.165) is 27.0 Å². The Labute approximate surface area is 206 Å². The van der Waals surface area contributed by atoms with Gasteiger partial charge >= 0.3 is 0 Å². The van der Waals surface area contributed by atoms with Crippen LogP contribution in [0, 0.1) is 13.8 Å². The molecule has 0 radical (unpaired) electrons. The van der Waals surface area contributed by atoms with E-state index in [4.69, 9.17) is 9.47 Å². The van der Waals surface area contributed by atoms with Crippen molar-refractivity contribution >= 4 is 39.3 Å². The van der Waals surface area contributed by atoms with Gasteiger partial charge in [0.05, 0.1) is 18.6 Å². The molecule has 1 heterocycles. The van der Waals surface area contributed by atoms with Crippen LogP contribution in [0.4, 0.5) is 5.69 Å². The lowest BCUT2D eigenvalue weighted by atomic mass is 10.1. The van der Waals surface area contributed by atoms with Crippen LogP contribution in [0.2, 0.25) is 0 Å². The van der Waals surface area contributed by atoms with Gasteiger partial charge in [-0.3, -0.25) is 9.36 Å². The summed E-state index contributed by atoms with van der Waals surface area (Å²) in [6.07, 6.45) is 1.42. The van der Waals surface area contributed by atoms with Crippen LogP contribution in [0.1, 0.15) is 30.0 Å². The monoisotopic (exact) mass is 530 g/mol. The highest BCUT2D eigenvalue weighted by atomic mass is 79.9. The zero-order valence-corrected chi connectivity index (χ0v) is 21.5. The summed E-state index contributed by atoms with van der Waals surface area (Å²) < 4.78 is 14.0. The Morgan fingerprint density at radius 3 is 2.55 bits per heavy atom. The lowest BCUT2D eigenvalue weighted by Crippen LogP contribution is -2.16. The van der Waals surface area contributed by atoms with Crippen LogP contribution >= 0.6 is 27.7 Å². The normalized spacial score (nSPS) is 11.7. The molecule has 0 aliphatic carbocycles. The Morgan fingerprint density at radius 2 is 1.88 bits per heavy atom. The number of nitrogens with one attached hydrogen (secondary N) is 1. The molecule has 33 heavy (non-hydrogen) atoms. The van der Waals surface area contributed by atoms with Crippen molar-refractivity contribution in [2.24, 2.45) is 0 Å². The smallest absolute Gasteiger partial charge is 0.234 e. The molecule has 174 valence electrons. The second-order valence-electron chi connectivity index (χ2n) is 7.43. The van der Waals surface area contributed by atoms with E-state index in [2.05, 4.69) is 38.0 Å². The zero-order chi connectivity index (χ0) is 24.0. The summed E-state index contributed by atoms with van der Waals surface area (Å²) in [4.78, 5) is 12.6. The van der Waals surface area contributed by atoms with Gasteiger partial charge in [-0.1, -0.05) is 17.8 Å². The minimum absolute atomic E-state index is 0.124. The molecule has 0 aliphatic heterocycles. The fourth-order valence-electron chi connectivity index (χ4n) is 3.11. The van der Waals surface area contributed by atoms with E-state index < -0.39 is 0 Å². The summed E-state index contributed by atoms with van der Waals surface area (Å²) in [5.74, 6) is 2.19. The Morgan fingerprint density at radius 1 is 1.21 bits per heavy atom. The van der Waals surface area contributed by atoms with Gasteiger partial charge < -0.3 is 14.8 Å². The number of aromatic nitrogens is 3. The molecule has 0 spiro atoms. The van der Waals surface area contributed by atoms with Crippen LogP contribution in [0.25, 0.3) is 0 Å². The van der Waals surface area contributed by atoms with Crippen molar-refractivity contribution in [3.63, 3.8) is 0 Å². The fourth-order valence-corrected chi connectivity index (χ4v) is 4.42. The van der Waals surface area contributed by atoms with Gasteiger partial charge in [-0.25, -0.2) is 0 Å². The van der Waals surface area contributed by atoms with Crippen molar-refractivity contribution in [1.29, 1.82) is 0 Å². The first-order valence-electron chi connectivity index (χ1n) is 10.4. The maximum absolute atomic E-state index is 12.6. The molecule has 1 amide bonds. The molecular formula is C24H27BrN4O3S. The molecule has 0 fully saturated rings. The first-order chi connectivity index (χ1) is 15.8. The van der Waals surface area contributed by atoms with E-state index in [-0.39, 0.29) is 17.8 Å². The van der Waals surface area contributed by atoms with Gasteiger partial charge in [-0.05, 0) is 84.2 Å². The van der Waals surface area contributed by atoms with Crippen molar-refractivity contribution in [2.75, 3.05) is 18.2 Å². The van der Waals surface area contributed by atoms with Gasteiger partial charge in [0, 0.05) is 11.0 Å². The molecule has 9 heteroatoms. The number of amides is 1. The van der Waals surface area contributed by atoms with Gasteiger partial charge in [0.1, 0.15) is 11.5 Å². The summed E-state index contributed by atoms with van der Waals surface area (Å²) in [5.41, 5.74) is 3.02. The number of hydrogen-bond acceptors (Lipinski definition) is 6. The number of rotatable bonds is 10. The van der Waals surface area contributed by atoms with Gasteiger partial charge in [-0.2, -0.15) is 0 Å². The predicted octanol–water partition coefficient (Wildman–Crippen LogP) is 5.72. The summed E-state index contributed by atoms with van der Waals surface area (Å²) in [7, 11) is 1.62. The van der Waals surface area contributed by atoms with Crippen molar-refractivity contribution in [3.05, 3.63) is 70.5 Å². The second-order valence-corrected chi connectivity index (χ2v) is 9.23. The van der Waals surface area contributed by atoms with Crippen LogP contribution in [-0.2, 0) is 11.3 Å². The standard InChI is InChI=1S/C24H27BrN4O3S/c1-6-11-29-23(17(4)32-19-9-7-18(31-5)8-10-19)27-28-24(29)33-14-22(30)26-21-13-16(3)15(2)12-20(21)25/h6-10,12-13,17H,1,11,14H2,2-5H3,(H,26,30). The average molecular weight is 531 g/mol. The molecule has 0 bridgehead atoms. The molecule has 3 aromatic rings. The minimum Gasteiger partial charge on any atom is -0.497 e. The van der Waals surface area contributed by atoms with E-state index in [1.165, 1.54) is 11.8 Å². The van der Waals surface area contributed by atoms with Crippen molar-refractivity contribution in [1.82, 2.24) is 14.8 Å². The molecule has 1 atom stereocenters. The highest BCUT2D eigenvalue weighted by Gasteiger charge is 2.20. The molecule has 3 rings (SSSR count). The topological polar surface area (TPSA) is 78.3 Å². The Balaban J connectivity index is 1.67. The predicted molar refractivity (Wildman–Crippen MR) is 135 cm³/mol. The molecule has 1 aromatic heterocycles. The molecule has 7 nitrogen and oxygen atoms in total. The maximum atomic E-state index is 12.6. The molecule has 1 N–H and O–H groups in total.